The molecule has 0 saturated heterocycles. The number of aromatic nitrogens is 1. The van der Waals surface area contributed by atoms with Crippen molar-refractivity contribution in [1.29, 1.82) is 0 Å². The number of sulfonamides is 1. The van der Waals surface area contributed by atoms with E-state index >= 15 is 0 Å². The fraction of sp³-hybridized carbons (Fsp3) is 0.545. The topological polar surface area (TPSA) is 96.5 Å². The molecular formula is C11H19N3O3S. The van der Waals surface area contributed by atoms with Crippen molar-refractivity contribution in [3.05, 3.63) is 24.0 Å². The summed E-state index contributed by atoms with van der Waals surface area (Å²) in [6.07, 6.45) is 1.17. The van der Waals surface area contributed by atoms with Crippen molar-refractivity contribution in [2.24, 2.45) is 5.73 Å². The first-order chi connectivity index (χ1) is 8.37. The fourth-order valence-electron chi connectivity index (χ4n) is 1.35. The Labute approximate surface area is 107 Å². The highest BCUT2D eigenvalue weighted by molar-refractivity contribution is 7.89. The third kappa shape index (κ3) is 3.74. The van der Waals surface area contributed by atoms with E-state index < -0.39 is 16.1 Å². The van der Waals surface area contributed by atoms with Gasteiger partial charge in [0.1, 0.15) is 4.90 Å². The van der Waals surface area contributed by atoms with Crippen molar-refractivity contribution in [3.8, 4) is 0 Å². The summed E-state index contributed by atoms with van der Waals surface area (Å²) in [6.45, 7) is 2.16. The van der Waals surface area contributed by atoms with Gasteiger partial charge in [0.2, 0.25) is 10.0 Å². The van der Waals surface area contributed by atoms with E-state index in [1.807, 2.05) is 0 Å². The summed E-state index contributed by atoms with van der Waals surface area (Å²) < 4.78 is 25.4. The highest BCUT2D eigenvalue weighted by Gasteiger charge is 2.21. The van der Waals surface area contributed by atoms with Gasteiger partial charge in [-0.3, -0.25) is 4.98 Å². The van der Waals surface area contributed by atoms with E-state index in [4.69, 9.17) is 10.8 Å². The van der Waals surface area contributed by atoms with Crippen molar-refractivity contribution in [1.82, 2.24) is 9.29 Å². The summed E-state index contributed by atoms with van der Waals surface area (Å²) in [7, 11) is -2.06. The Balaban J connectivity index is 2.84. The maximum absolute atomic E-state index is 12.1. The molecule has 18 heavy (non-hydrogen) atoms. The van der Waals surface area contributed by atoms with Crippen LogP contribution in [-0.2, 0) is 16.6 Å². The van der Waals surface area contributed by atoms with E-state index in [0.29, 0.717) is 12.1 Å². The third-order valence-electron chi connectivity index (χ3n) is 2.58. The van der Waals surface area contributed by atoms with Crippen LogP contribution in [-0.4, -0.2) is 42.5 Å². The molecule has 0 aliphatic carbocycles. The standard InChI is InChI=1S/C11H19N3O3S/c1-9(15)5-6-14(2)18(16,17)11-4-3-10(7-12)13-8-11/h3-4,8-9,15H,5-7,12H2,1-2H3. The minimum absolute atomic E-state index is 0.132. The normalized spacial score (nSPS) is 13.8. The van der Waals surface area contributed by atoms with E-state index in [9.17, 15) is 8.42 Å². The Morgan fingerprint density at radius 3 is 2.61 bits per heavy atom. The highest BCUT2D eigenvalue weighted by atomic mass is 32.2. The van der Waals surface area contributed by atoms with Crippen LogP contribution in [0.25, 0.3) is 0 Å². The molecule has 0 fully saturated rings. The number of nitrogens with zero attached hydrogens (tertiary/aromatic N) is 2. The monoisotopic (exact) mass is 273 g/mol. The molecule has 0 radical (unpaired) electrons. The second-order valence-corrected chi connectivity index (χ2v) is 6.20. The smallest absolute Gasteiger partial charge is 0.244 e. The molecule has 1 atom stereocenters. The van der Waals surface area contributed by atoms with Gasteiger partial charge in [0.15, 0.2) is 0 Å². The van der Waals surface area contributed by atoms with Gasteiger partial charge in [0.05, 0.1) is 11.8 Å². The van der Waals surface area contributed by atoms with Gasteiger partial charge in [-0.1, -0.05) is 0 Å². The first kappa shape index (κ1) is 15.0. The zero-order valence-electron chi connectivity index (χ0n) is 10.6. The highest BCUT2D eigenvalue weighted by Crippen LogP contribution is 2.14. The minimum Gasteiger partial charge on any atom is -0.393 e. The summed E-state index contributed by atoms with van der Waals surface area (Å²) >= 11 is 0. The van der Waals surface area contributed by atoms with Gasteiger partial charge in [0, 0.05) is 26.3 Å². The van der Waals surface area contributed by atoms with E-state index in [0.717, 1.165) is 0 Å². The van der Waals surface area contributed by atoms with Crippen LogP contribution in [0.4, 0.5) is 0 Å². The Bertz CT molecular complexity index is 471. The molecule has 0 saturated carbocycles. The van der Waals surface area contributed by atoms with Crippen LogP contribution in [0.15, 0.2) is 23.2 Å². The fourth-order valence-corrected chi connectivity index (χ4v) is 2.48. The van der Waals surface area contributed by atoms with Crippen molar-refractivity contribution in [3.63, 3.8) is 0 Å². The van der Waals surface area contributed by atoms with Gasteiger partial charge in [-0.05, 0) is 25.5 Å². The lowest BCUT2D eigenvalue weighted by Crippen LogP contribution is -2.29. The number of pyridine rings is 1. The average molecular weight is 273 g/mol. The molecule has 0 aliphatic heterocycles. The molecule has 6 nitrogen and oxygen atoms in total. The molecule has 3 N–H and O–H groups in total. The van der Waals surface area contributed by atoms with Gasteiger partial charge in [-0.15, -0.1) is 0 Å². The van der Waals surface area contributed by atoms with Crippen molar-refractivity contribution >= 4 is 10.0 Å². The number of aliphatic hydroxyl groups excluding tert-OH is 1. The largest absolute Gasteiger partial charge is 0.393 e. The Kier molecular flexibility index (Phi) is 5.21. The molecule has 7 heteroatoms. The molecule has 1 unspecified atom stereocenters. The molecule has 1 rings (SSSR count). The van der Waals surface area contributed by atoms with Crippen molar-refractivity contribution < 1.29 is 13.5 Å². The molecule has 0 spiro atoms. The first-order valence-electron chi connectivity index (χ1n) is 5.67. The lowest BCUT2D eigenvalue weighted by atomic mass is 10.3. The third-order valence-corrected chi connectivity index (χ3v) is 4.42. The van der Waals surface area contributed by atoms with Crippen molar-refractivity contribution in [2.75, 3.05) is 13.6 Å². The number of hydrogen-bond donors (Lipinski definition) is 2. The quantitative estimate of drug-likeness (QED) is 0.756. The van der Waals surface area contributed by atoms with E-state index in [1.165, 1.54) is 23.6 Å². The molecule has 0 aliphatic rings. The van der Waals surface area contributed by atoms with Gasteiger partial charge in [-0.25, -0.2) is 12.7 Å². The summed E-state index contributed by atoms with van der Waals surface area (Å²) in [4.78, 5) is 4.09. The second kappa shape index (κ2) is 6.24. The predicted octanol–water partition coefficient (Wildman–Crippen LogP) is -0.0683. The van der Waals surface area contributed by atoms with Crippen LogP contribution < -0.4 is 5.73 Å². The molecule has 1 aromatic rings. The number of aliphatic hydroxyl groups is 1. The number of rotatable bonds is 6. The molecule has 1 aromatic heterocycles. The van der Waals surface area contributed by atoms with Crippen molar-refractivity contribution in [2.45, 2.75) is 30.9 Å². The summed E-state index contributed by atoms with van der Waals surface area (Å²) in [5.74, 6) is 0. The van der Waals surface area contributed by atoms with Gasteiger partial charge >= 0.3 is 0 Å². The first-order valence-corrected chi connectivity index (χ1v) is 7.11. The van der Waals surface area contributed by atoms with E-state index in [1.54, 1.807) is 13.0 Å². The SMILES string of the molecule is CC(O)CCN(C)S(=O)(=O)c1ccc(CN)nc1. The lowest BCUT2D eigenvalue weighted by molar-refractivity contribution is 0.177. The Hall–Kier alpha value is -1.02. The number of nitrogens with two attached hydrogens (primary N) is 1. The lowest BCUT2D eigenvalue weighted by Gasteiger charge is -2.17. The summed E-state index contributed by atoms with van der Waals surface area (Å²) in [6, 6.07) is 3.08. The molecule has 0 bridgehead atoms. The zero-order chi connectivity index (χ0) is 13.8. The Morgan fingerprint density at radius 1 is 1.50 bits per heavy atom. The van der Waals surface area contributed by atoms with E-state index in [-0.39, 0.29) is 18.0 Å². The molecule has 0 amide bonds. The molecule has 0 aromatic carbocycles. The Morgan fingerprint density at radius 2 is 2.17 bits per heavy atom. The van der Waals surface area contributed by atoms with Crippen LogP contribution in [0.1, 0.15) is 19.0 Å². The average Bonchev–Trinajstić information content (AvgIpc) is 2.35. The predicted molar refractivity (Wildman–Crippen MR) is 68.2 cm³/mol. The van der Waals surface area contributed by atoms with Gasteiger partial charge in [-0.2, -0.15) is 0 Å². The zero-order valence-corrected chi connectivity index (χ0v) is 11.4. The number of hydrogen-bond acceptors (Lipinski definition) is 5. The van der Waals surface area contributed by atoms with Crippen LogP contribution in [0.2, 0.25) is 0 Å². The van der Waals surface area contributed by atoms with Gasteiger partial charge in [0.25, 0.3) is 0 Å². The summed E-state index contributed by atoms with van der Waals surface area (Å²) in [5, 5.41) is 9.16. The van der Waals surface area contributed by atoms with Gasteiger partial charge < -0.3 is 10.8 Å². The van der Waals surface area contributed by atoms with Crippen LogP contribution >= 0.6 is 0 Å². The molecular weight excluding hydrogens is 254 g/mol. The minimum atomic E-state index is -3.54. The summed E-state index contributed by atoms with van der Waals surface area (Å²) in [5.41, 5.74) is 6.04. The maximum Gasteiger partial charge on any atom is 0.244 e. The van der Waals surface area contributed by atoms with Crippen LogP contribution in [0, 0.1) is 0 Å². The molecule has 102 valence electrons. The van der Waals surface area contributed by atoms with E-state index in [2.05, 4.69) is 4.98 Å². The van der Waals surface area contributed by atoms with Crippen LogP contribution in [0.3, 0.4) is 0 Å². The molecule has 1 heterocycles. The second-order valence-electron chi connectivity index (χ2n) is 4.15. The van der Waals surface area contributed by atoms with Crippen LogP contribution in [0.5, 0.6) is 0 Å². The maximum atomic E-state index is 12.1.